The molecule has 0 radical (unpaired) electrons. The minimum atomic E-state index is -0.633. The van der Waals surface area contributed by atoms with E-state index in [1.807, 2.05) is 13.8 Å². The Morgan fingerprint density at radius 3 is 3.00 bits per heavy atom. The van der Waals surface area contributed by atoms with Crippen molar-refractivity contribution in [3.8, 4) is 0 Å². The first-order valence-electron chi connectivity index (χ1n) is 5.11. The largest absolute Gasteiger partial charge is 0.463 e. The Morgan fingerprint density at radius 2 is 2.33 bits per heavy atom. The molecule has 86 valence electrons. The number of aliphatic hydroxyl groups is 1. The monoisotopic (exact) mass is 215 g/mol. The molecule has 1 heterocycles. The molecule has 5 heteroatoms. The summed E-state index contributed by atoms with van der Waals surface area (Å²) < 4.78 is 16.7. The maximum Gasteiger partial charge on any atom is 0.205 e. The quantitative estimate of drug-likeness (QED) is 0.698. The first-order valence-corrected chi connectivity index (χ1v) is 5.11. The lowest BCUT2D eigenvalue weighted by Crippen LogP contribution is -2.30. The van der Waals surface area contributed by atoms with Crippen LogP contribution in [0.15, 0.2) is 11.5 Å². The van der Waals surface area contributed by atoms with Crippen molar-refractivity contribution >= 4 is 0 Å². The number of nitrogens with two attached hydrogens (primary N) is 1. The van der Waals surface area contributed by atoms with Crippen LogP contribution in [0.4, 0.5) is 0 Å². The smallest absolute Gasteiger partial charge is 0.205 e. The molecule has 0 spiro atoms. The Morgan fingerprint density at radius 1 is 1.60 bits per heavy atom. The third-order valence-corrected chi connectivity index (χ3v) is 2.52. The number of rotatable bonds is 3. The molecule has 0 amide bonds. The summed E-state index contributed by atoms with van der Waals surface area (Å²) in [5.41, 5.74) is 6.52. The van der Waals surface area contributed by atoms with Crippen LogP contribution in [-0.2, 0) is 14.2 Å². The van der Waals surface area contributed by atoms with E-state index in [0.29, 0.717) is 24.5 Å². The molecule has 1 saturated heterocycles. The molecule has 0 aromatic rings. The standard InChI is InChI=1S/C10H17NO4/c1-10(2)14-8-6(11)5-7(9(8)15-10)13-4-3-12/h7,9,12H,3-5,11H2,1-2H3/t7-,9+/m0/s1. The summed E-state index contributed by atoms with van der Waals surface area (Å²) in [4.78, 5) is 0. The number of hydrogen-bond donors (Lipinski definition) is 2. The zero-order valence-electron chi connectivity index (χ0n) is 9.03. The van der Waals surface area contributed by atoms with Crippen LogP contribution < -0.4 is 5.73 Å². The van der Waals surface area contributed by atoms with Gasteiger partial charge in [-0.3, -0.25) is 0 Å². The van der Waals surface area contributed by atoms with Crippen molar-refractivity contribution in [2.24, 2.45) is 5.73 Å². The topological polar surface area (TPSA) is 73.9 Å². The van der Waals surface area contributed by atoms with Gasteiger partial charge in [0.05, 0.1) is 25.0 Å². The van der Waals surface area contributed by atoms with Gasteiger partial charge in [0.1, 0.15) is 6.10 Å². The van der Waals surface area contributed by atoms with Gasteiger partial charge in [-0.15, -0.1) is 0 Å². The lowest BCUT2D eigenvalue weighted by atomic mass is 10.2. The van der Waals surface area contributed by atoms with Crippen molar-refractivity contribution in [3.63, 3.8) is 0 Å². The number of fused-ring (bicyclic) bond motifs is 1. The van der Waals surface area contributed by atoms with E-state index in [-0.39, 0.29) is 18.8 Å². The Labute approximate surface area is 88.8 Å². The fraction of sp³-hybridized carbons (Fsp3) is 0.800. The summed E-state index contributed by atoms with van der Waals surface area (Å²) in [5, 5.41) is 8.69. The molecule has 0 aromatic heterocycles. The SMILES string of the molecule is CC1(C)OC2=C(N)C[C@H](OCCO)[C@H]2O1. The molecule has 3 N–H and O–H groups in total. The highest BCUT2D eigenvalue weighted by Gasteiger charge is 2.48. The minimum absolute atomic E-state index is 0.00269. The van der Waals surface area contributed by atoms with Crippen molar-refractivity contribution in [2.45, 2.75) is 38.3 Å². The van der Waals surface area contributed by atoms with Crippen molar-refractivity contribution < 1.29 is 19.3 Å². The van der Waals surface area contributed by atoms with Crippen LogP contribution in [0.5, 0.6) is 0 Å². The lowest BCUT2D eigenvalue weighted by molar-refractivity contribution is -0.157. The third-order valence-electron chi connectivity index (χ3n) is 2.52. The summed E-state index contributed by atoms with van der Waals surface area (Å²) in [7, 11) is 0. The molecular weight excluding hydrogens is 198 g/mol. The normalized spacial score (nSPS) is 33.0. The van der Waals surface area contributed by atoms with Crippen molar-refractivity contribution in [3.05, 3.63) is 11.5 Å². The van der Waals surface area contributed by atoms with Crippen LogP contribution in [0.2, 0.25) is 0 Å². The van der Waals surface area contributed by atoms with Crippen LogP contribution in [0.1, 0.15) is 20.3 Å². The lowest BCUT2D eigenvalue weighted by Gasteiger charge is -2.21. The highest BCUT2D eigenvalue weighted by molar-refractivity contribution is 5.23. The Hall–Kier alpha value is -0.780. The van der Waals surface area contributed by atoms with Crippen molar-refractivity contribution in [2.75, 3.05) is 13.2 Å². The molecule has 0 unspecified atom stereocenters. The molecule has 15 heavy (non-hydrogen) atoms. The molecule has 1 aliphatic carbocycles. The van der Waals surface area contributed by atoms with Crippen LogP contribution in [0.25, 0.3) is 0 Å². The first-order chi connectivity index (χ1) is 7.03. The van der Waals surface area contributed by atoms with E-state index in [0.717, 1.165) is 0 Å². The molecule has 2 rings (SSSR count). The molecule has 1 fully saturated rings. The van der Waals surface area contributed by atoms with E-state index in [9.17, 15) is 0 Å². The highest BCUT2D eigenvalue weighted by atomic mass is 16.8. The van der Waals surface area contributed by atoms with Gasteiger partial charge < -0.3 is 25.1 Å². The number of aliphatic hydroxyl groups excluding tert-OH is 1. The zero-order valence-corrected chi connectivity index (χ0v) is 9.03. The van der Waals surface area contributed by atoms with Gasteiger partial charge in [0, 0.05) is 20.3 Å². The van der Waals surface area contributed by atoms with Gasteiger partial charge in [-0.25, -0.2) is 0 Å². The molecule has 0 aromatic carbocycles. The van der Waals surface area contributed by atoms with E-state index in [2.05, 4.69) is 0 Å². The van der Waals surface area contributed by atoms with Gasteiger partial charge in [-0.2, -0.15) is 0 Å². The Kier molecular flexibility index (Phi) is 2.62. The maximum absolute atomic E-state index is 8.69. The number of ether oxygens (including phenoxy) is 3. The summed E-state index contributed by atoms with van der Waals surface area (Å²) in [6, 6.07) is 0. The zero-order chi connectivity index (χ0) is 11.1. The molecule has 0 saturated carbocycles. The van der Waals surface area contributed by atoms with Crippen molar-refractivity contribution in [1.82, 2.24) is 0 Å². The maximum atomic E-state index is 8.69. The Balaban J connectivity index is 2.06. The van der Waals surface area contributed by atoms with Gasteiger partial charge in [-0.1, -0.05) is 0 Å². The molecule has 0 bridgehead atoms. The van der Waals surface area contributed by atoms with Gasteiger partial charge >= 0.3 is 0 Å². The van der Waals surface area contributed by atoms with Gasteiger partial charge in [-0.05, 0) is 0 Å². The van der Waals surface area contributed by atoms with E-state index in [1.165, 1.54) is 0 Å². The second kappa shape index (κ2) is 3.66. The van der Waals surface area contributed by atoms with E-state index >= 15 is 0 Å². The van der Waals surface area contributed by atoms with Crippen LogP contribution in [-0.4, -0.2) is 36.3 Å². The fourth-order valence-corrected chi connectivity index (χ4v) is 1.97. The first kappa shape index (κ1) is 10.7. The Bertz CT molecular complexity index is 287. The highest BCUT2D eigenvalue weighted by Crippen LogP contribution is 2.40. The van der Waals surface area contributed by atoms with Gasteiger partial charge in [0.25, 0.3) is 0 Å². The minimum Gasteiger partial charge on any atom is -0.463 e. The van der Waals surface area contributed by atoms with Crippen LogP contribution in [0.3, 0.4) is 0 Å². The second-order valence-corrected chi connectivity index (χ2v) is 4.27. The number of hydrogen-bond acceptors (Lipinski definition) is 5. The third kappa shape index (κ3) is 1.95. The summed E-state index contributed by atoms with van der Waals surface area (Å²) in [5.74, 6) is 0.0641. The average molecular weight is 215 g/mol. The summed E-state index contributed by atoms with van der Waals surface area (Å²) >= 11 is 0. The second-order valence-electron chi connectivity index (χ2n) is 4.27. The molecule has 1 aliphatic heterocycles. The van der Waals surface area contributed by atoms with E-state index in [4.69, 9.17) is 25.1 Å². The fourth-order valence-electron chi connectivity index (χ4n) is 1.97. The van der Waals surface area contributed by atoms with Gasteiger partial charge in [0.15, 0.2) is 5.76 Å². The van der Waals surface area contributed by atoms with E-state index in [1.54, 1.807) is 0 Å². The molecule has 2 atom stereocenters. The van der Waals surface area contributed by atoms with E-state index < -0.39 is 5.79 Å². The predicted molar refractivity (Wildman–Crippen MR) is 52.7 cm³/mol. The predicted octanol–water partition coefficient (Wildman–Crippen LogP) is 0.0894. The molecule has 2 aliphatic rings. The molecule has 5 nitrogen and oxygen atoms in total. The van der Waals surface area contributed by atoms with Crippen molar-refractivity contribution in [1.29, 1.82) is 0 Å². The summed E-state index contributed by atoms with van der Waals surface area (Å²) in [6.07, 6.45) is 0.260. The van der Waals surface area contributed by atoms with Crippen LogP contribution >= 0.6 is 0 Å². The van der Waals surface area contributed by atoms with Gasteiger partial charge in [0.2, 0.25) is 5.79 Å². The summed E-state index contributed by atoms with van der Waals surface area (Å²) in [6.45, 7) is 3.98. The van der Waals surface area contributed by atoms with Crippen LogP contribution in [0, 0.1) is 0 Å². The average Bonchev–Trinajstić information content (AvgIpc) is 2.60. The molecular formula is C10H17NO4.